The van der Waals surface area contributed by atoms with Gasteiger partial charge in [-0.15, -0.1) is 0 Å². The Morgan fingerprint density at radius 2 is 1.40 bits per heavy atom. The van der Waals surface area contributed by atoms with Crippen LogP contribution in [0.3, 0.4) is 0 Å². The molecule has 0 amide bonds. The van der Waals surface area contributed by atoms with Gasteiger partial charge in [0.15, 0.2) is 0 Å². The average Bonchev–Trinajstić information content (AvgIpc) is 2.70. The summed E-state index contributed by atoms with van der Waals surface area (Å²) in [6, 6.07) is 0. The second-order valence-electron chi connectivity index (χ2n) is 10.0. The van der Waals surface area contributed by atoms with Crippen LogP contribution < -0.4 is 16.4 Å². The van der Waals surface area contributed by atoms with Crippen LogP contribution in [0.2, 0.25) is 0 Å². The Kier molecular flexibility index (Phi) is 17.2. The third-order valence-corrected chi connectivity index (χ3v) is 5.72. The Labute approximate surface area is 187 Å². The first kappa shape index (κ1) is 29.8. The predicted octanol–water partition coefficient (Wildman–Crippen LogP) is 5.54. The first-order valence-electron chi connectivity index (χ1n) is 12.3. The van der Waals surface area contributed by atoms with Gasteiger partial charge in [0.2, 0.25) is 0 Å². The molecule has 0 aliphatic rings. The van der Waals surface area contributed by atoms with E-state index >= 15 is 0 Å². The van der Waals surface area contributed by atoms with Crippen LogP contribution in [0.15, 0.2) is 0 Å². The van der Waals surface area contributed by atoms with Gasteiger partial charge in [0.1, 0.15) is 0 Å². The number of rotatable bonds is 20. The highest BCUT2D eigenvalue weighted by Gasteiger charge is 2.24. The predicted molar refractivity (Wildman–Crippen MR) is 127 cm³/mol. The summed E-state index contributed by atoms with van der Waals surface area (Å²) < 4.78 is 0. The Morgan fingerprint density at radius 3 is 1.93 bits per heavy atom. The van der Waals surface area contributed by atoms with Gasteiger partial charge < -0.3 is 9.68 Å². The Balaban J connectivity index is 4.41. The molecule has 0 aromatic rings. The minimum absolute atomic E-state index is 0.161. The van der Waals surface area contributed by atoms with Gasteiger partial charge in [-0.25, -0.2) is 11.0 Å². The van der Waals surface area contributed by atoms with E-state index in [1.165, 1.54) is 0 Å². The molecule has 0 aliphatic heterocycles. The van der Waals surface area contributed by atoms with Crippen LogP contribution in [-0.2, 0) is 14.5 Å². The molecular formula is C24H53N3O3. The summed E-state index contributed by atoms with van der Waals surface area (Å²) in [6.07, 6.45) is 8.68. The molecule has 6 nitrogen and oxygen atoms in total. The molecule has 3 N–H and O–H groups in total. The van der Waals surface area contributed by atoms with Gasteiger partial charge in [0.25, 0.3) is 0 Å². The van der Waals surface area contributed by atoms with Crippen LogP contribution in [0.4, 0.5) is 0 Å². The van der Waals surface area contributed by atoms with Crippen molar-refractivity contribution in [2.24, 2.45) is 11.3 Å². The molecule has 0 heterocycles. The highest BCUT2D eigenvalue weighted by atomic mass is 16.7. The van der Waals surface area contributed by atoms with Crippen molar-refractivity contribution in [2.75, 3.05) is 26.3 Å². The molecule has 30 heavy (non-hydrogen) atoms. The number of nitrogens with one attached hydrogen (secondary N) is 3. The molecule has 0 radical (unpaired) electrons. The number of hydrogen-bond acceptors (Lipinski definition) is 6. The summed E-state index contributed by atoms with van der Waals surface area (Å²) in [4.78, 5) is 17.4. The molecule has 2 atom stereocenters. The highest BCUT2D eigenvalue weighted by molar-refractivity contribution is 4.81. The zero-order chi connectivity index (χ0) is 22.9. The van der Waals surface area contributed by atoms with Gasteiger partial charge in [0.05, 0.1) is 19.3 Å². The molecule has 0 spiro atoms. The fourth-order valence-electron chi connectivity index (χ4n) is 3.08. The third kappa shape index (κ3) is 16.5. The van der Waals surface area contributed by atoms with Crippen molar-refractivity contribution in [3.8, 4) is 0 Å². The van der Waals surface area contributed by atoms with Crippen LogP contribution >= 0.6 is 0 Å². The zero-order valence-electron chi connectivity index (χ0n) is 21.4. The summed E-state index contributed by atoms with van der Waals surface area (Å²) in [7, 11) is 0. The molecule has 0 fully saturated rings. The first-order valence-corrected chi connectivity index (χ1v) is 12.3. The standard InChI is InChI=1S/C24H53N3O3/c1-9-13-22(12-4)30-26-18-15-24(8,27-28-19-16-23(5,6)7)14-17-25-29-20-21(10-2)11-3/h21-22,25-27H,9-20H2,1-8H3. The van der Waals surface area contributed by atoms with Gasteiger partial charge in [-0.2, -0.15) is 5.48 Å². The first-order chi connectivity index (χ1) is 14.2. The molecule has 0 saturated heterocycles. The zero-order valence-corrected chi connectivity index (χ0v) is 21.4. The lowest BCUT2D eigenvalue weighted by molar-refractivity contribution is -0.0565. The van der Waals surface area contributed by atoms with Crippen molar-refractivity contribution >= 4 is 0 Å². The summed E-state index contributed by atoms with van der Waals surface area (Å²) in [5.74, 6) is 0.624. The molecule has 0 rings (SSSR count). The topological polar surface area (TPSA) is 63.8 Å². The van der Waals surface area contributed by atoms with E-state index in [0.717, 1.165) is 71.1 Å². The summed E-state index contributed by atoms with van der Waals surface area (Å²) in [5.41, 5.74) is 9.75. The average molecular weight is 432 g/mol. The Bertz CT molecular complexity index is 386. The highest BCUT2D eigenvalue weighted by Crippen LogP contribution is 2.19. The van der Waals surface area contributed by atoms with E-state index < -0.39 is 0 Å². The fourth-order valence-corrected chi connectivity index (χ4v) is 3.08. The molecule has 0 aromatic heterocycles. The maximum Gasteiger partial charge on any atom is 0.0787 e. The molecule has 182 valence electrons. The third-order valence-electron chi connectivity index (χ3n) is 5.72. The maximum atomic E-state index is 5.86. The quantitative estimate of drug-likeness (QED) is 0.174. The van der Waals surface area contributed by atoms with Crippen LogP contribution in [0.25, 0.3) is 0 Å². The van der Waals surface area contributed by atoms with Crippen molar-refractivity contribution < 1.29 is 14.5 Å². The van der Waals surface area contributed by atoms with Gasteiger partial charge in [-0.3, -0.25) is 4.84 Å². The second kappa shape index (κ2) is 17.3. The summed E-state index contributed by atoms with van der Waals surface area (Å²) in [5, 5.41) is 0. The lowest BCUT2D eigenvalue weighted by atomic mass is 9.93. The molecule has 2 unspecified atom stereocenters. The van der Waals surface area contributed by atoms with Gasteiger partial charge in [-0.05, 0) is 50.4 Å². The molecular weight excluding hydrogens is 378 g/mol. The lowest BCUT2D eigenvalue weighted by Gasteiger charge is -2.31. The van der Waals surface area contributed by atoms with Gasteiger partial charge in [0, 0.05) is 18.6 Å². The van der Waals surface area contributed by atoms with Gasteiger partial charge >= 0.3 is 0 Å². The molecule has 0 aromatic carbocycles. The Hall–Kier alpha value is -0.240. The van der Waals surface area contributed by atoms with E-state index in [0.29, 0.717) is 12.5 Å². The molecule has 0 saturated carbocycles. The monoisotopic (exact) mass is 431 g/mol. The lowest BCUT2D eigenvalue weighted by Crippen LogP contribution is -2.47. The maximum absolute atomic E-state index is 5.86. The molecule has 0 aliphatic carbocycles. The van der Waals surface area contributed by atoms with Crippen LogP contribution in [0.5, 0.6) is 0 Å². The van der Waals surface area contributed by atoms with Crippen molar-refractivity contribution in [3.05, 3.63) is 0 Å². The van der Waals surface area contributed by atoms with E-state index in [-0.39, 0.29) is 17.1 Å². The van der Waals surface area contributed by atoms with E-state index in [1.807, 2.05) is 0 Å². The smallest absolute Gasteiger partial charge is 0.0787 e. The van der Waals surface area contributed by atoms with E-state index in [4.69, 9.17) is 14.5 Å². The van der Waals surface area contributed by atoms with Crippen LogP contribution in [-0.4, -0.2) is 37.9 Å². The van der Waals surface area contributed by atoms with E-state index in [2.05, 4.69) is 71.8 Å². The van der Waals surface area contributed by atoms with Crippen LogP contribution in [0.1, 0.15) is 107 Å². The number of hydrogen-bond donors (Lipinski definition) is 3. The normalized spacial score (nSPS) is 15.5. The second-order valence-corrected chi connectivity index (χ2v) is 10.0. The largest absolute Gasteiger partial charge is 0.302 e. The van der Waals surface area contributed by atoms with E-state index in [9.17, 15) is 0 Å². The fraction of sp³-hybridized carbons (Fsp3) is 1.00. The minimum atomic E-state index is -0.161. The van der Waals surface area contributed by atoms with Crippen molar-refractivity contribution in [1.82, 2.24) is 16.4 Å². The SMILES string of the molecule is CCCC(CC)ONCCC(C)(CCNOCC(CC)CC)NOCCC(C)(C)C. The summed E-state index contributed by atoms with van der Waals surface area (Å²) in [6.45, 7) is 20.7. The van der Waals surface area contributed by atoms with E-state index in [1.54, 1.807) is 0 Å². The molecule has 6 heteroatoms. The van der Waals surface area contributed by atoms with Gasteiger partial charge in [-0.1, -0.05) is 67.7 Å². The molecule has 0 bridgehead atoms. The number of hydroxylamine groups is 3. The van der Waals surface area contributed by atoms with Crippen molar-refractivity contribution in [2.45, 2.75) is 118 Å². The summed E-state index contributed by atoms with van der Waals surface area (Å²) >= 11 is 0. The van der Waals surface area contributed by atoms with Crippen LogP contribution in [0, 0.1) is 11.3 Å². The Morgan fingerprint density at radius 1 is 0.767 bits per heavy atom. The van der Waals surface area contributed by atoms with Crippen molar-refractivity contribution in [1.29, 1.82) is 0 Å². The minimum Gasteiger partial charge on any atom is -0.302 e. The van der Waals surface area contributed by atoms with Crippen molar-refractivity contribution in [3.63, 3.8) is 0 Å².